The minimum absolute atomic E-state index is 0.298. The van der Waals surface area contributed by atoms with Crippen molar-refractivity contribution >= 4 is 33.2 Å². The van der Waals surface area contributed by atoms with Crippen molar-refractivity contribution in [3.63, 3.8) is 0 Å². The van der Waals surface area contributed by atoms with Crippen LogP contribution in [0.5, 0.6) is 5.75 Å². The number of amides is 1. The van der Waals surface area contributed by atoms with Crippen LogP contribution < -0.4 is 10.1 Å². The molecule has 0 spiro atoms. The third-order valence-electron chi connectivity index (χ3n) is 2.88. The Morgan fingerprint density at radius 3 is 2.74 bits per heavy atom. The molecule has 2 rings (SSSR count). The van der Waals surface area contributed by atoms with Gasteiger partial charge in [0.05, 0.1) is 10.6 Å². The van der Waals surface area contributed by atoms with E-state index in [0.717, 1.165) is 23.8 Å². The zero-order valence-corrected chi connectivity index (χ0v) is 13.6. The van der Waals surface area contributed by atoms with Gasteiger partial charge in [-0.05, 0) is 46.6 Å². The van der Waals surface area contributed by atoms with Crippen molar-refractivity contribution in [1.29, 1.82) is 0 Å². The molecule has 0 bridgehead atoms. The molecule has 2 aromatic rings. The number of nitrogens with zero attached hydrogens (tertiary/aromatic N) is 1. The Balaban J connectivity index is 2.05. The summed E-state index contributed by atoms with van der Waals surface area (Å²) in [5.41, 5.74) is 1.15. The highest BCUT2D eigenvalue weighted by molar-refractivity contribution is 9.10. The zero-order valence-electron chi connectivity index (χ0n) is 12.0. The molecule has 1 amide bonds. The molecule has 1 N–H and O–H groups in total. The standard InChI is InChI=1S/C15H12BrFN2O4/c1-9-2-4-12(11(16)6-9)18-15(20)8-23-14-7-10(17)3-5-13(14)19(21)22/h2-7H,8H2,1H3,(H,18,20). The maximum atomic E-state index is 13.2. The number of carbonyl (C=O) groups is 1. The molecule has 0 heterocycles. The summed E-state index contributed by atoms with van der Waals surface area (Å²) in [7, 11) is 0. The second kappa shape index (κ2) is 7.19. The minimum Gasteiger partial charge on any atom is -0.477 e. The van der Waals surface area contributed by atoms with Crippen molar-refractivity contribution in [1.82, 2.24) is 0 Å². The second-order valence-electron chi connectivity index (χ2n) is 4.69. The maximum Gasteiger partial charge on any atom is 0.311 e. The summed E-state index contributed by atoms with van der Waals surface area (Å²) in [6.45, 7) is 1.42. The van der Waals surface area contributed by atoms with Crippen LogP contribution in [-0.4, -0.2) is 17.4 Å². The van der Waals surface area contributed by atoms with Crippen LogP contribution >= 0.6 is 15.9 Å². The molecule has 0 saturated heterocycles. The predicted octanol–water partition coefficient (Wildman–Crippen LogP) is 3.82. The molecular formula is C15H12BrFN2O4. The van der Waals surface area contributed by atoms with E-state index in [4.69, 9.17) is 4.74 Å². The normalized spacial score (nSPS) is 10.2. The Morgan fingerprint density at radius 1 is 1.35 bits per heavy atom. The van der Waals surface area contributed by atoms with E-state index in [0.29, 0.717) is 10.2 Å². The molecular weight excluding hydrogens is 371 g/mol. The van der Waals surface area contributed by atoms with E-state index in [-0.39, 0.29) is 5.75 Å². The van der Waals surface area contributed by atoms with Crippen LogP contribution in [0.3, 0.4) is 0 Å². The first-order valence-corrected chi connectivity index (χ1v) is 7.29. The zero-order chi connectivity index (χ0) is 17.0. The number of anilines is 1. The second-order valence-corrected chi connectivity index (χ2v) is 5.54. The molecule has 23 heavy (non-hydrogen) atoms. The van der Waals surface area contributed by atoms with E-state index >= 15 is 0 Å². The molecule has 0 atom stereocenters. The summed E-state index contributed by atoms with van der Waals surface area (Å²) in [4.78, 5) is 22.0. The lowest BCUT2D eigenvalue weighted by molar-refractivity contribution is -0.385. The monoisotopic (exact) mass is 382 g/mol. The number of nitro groups is 1. The van der Waals surface area contributed by atoms with E-state index in [1.807, 2.05) is 19.1 Å². The number of rotatable bonds is 5. The van der Waals surface area contributed by atoms with E-state index in [1.165, 1.54) is 0 Å². The van der Waals surface area contributed by atoms with E-state index in [1.54, 1.807) is 6.07 Å². The van der Waals surface area contributed by atoms with E-state index in [2.05, 4.69) is 21.2 Å². The predicted molar refractivity (Wildman–Crippen MR) is 86.1 cm³/mol. The van der Waals surface area contributed by atoms with Crippen LogP contribution in [0.25, 0.3) is 0 Å². The van der Waals surface area contributed by atoms with Gasteiger partial charge >= 0.3 is 5.69 Å². The first kappa shape index (κ1) is 16.9. The molecule has 0 saturated carbocycles. The third-order valence-corrected chi connectivity index (χ3v) is 3.53. The molecule has 8 heteroatoms. The molecule has 120 valence electrons. The molecule has 2 aromatic carbocycles. The topological polar surface area (TPSA) is 81.5 Å². The summed E-state index contributed by atoms with van der Waals surface area (Å²) in [6, 6.07) is 8.16. The minimum atomic E-state index is -0.705. The third kappa shape index (κ3) is 4.49. The SMILES string of the molecule is Cc1ccc(NC(=O)COc2cc(F)ccc2[N+](=O)[O-])c(Br)c1. The van der Waals surface area contributed by atoms with Gasteiger partial charge in [0.25, 0.3) is 5.91 Å². The summed E-state index contributed by atoms with van der Waals surface area (Å²) < 4.78 is 18.9. The number of carbonyl (C=O) groups excluding carboxylic acids is 1. The van der Waals surface area contributed by atoms with Gasteiger partial charge in [0.1, 0.15) is 5.82 Å². The number of ether oxygens (including phenoxy) is 1. The van der Waals surface area contributed by atoms with Crippen LogP contribution in [0.1, 0.15) is 5.56 Å². The number of halogens is 2. The Hall–Kier alpha value is -2.48. The van der Waals surface area contributed by atoms with Crippen molar-refractivity contribution in [2.24, 2.45) is 0 Å². The number of nitrogens with one attached hydrogen (secondary N) is 1. The molecule has 0 fully saturated rings. The quantitative estimate of drug-likeness (QED) is 0.629. The van der Waals surface area contributed by atoms with Gasteiger partial charge in [-0.15, -0.1) is 0 Å². The van der Waals surface area contributed by atoms with Crippen molar-refractivity contribution in [2.75, 3.05) is 11.9 Å². The summed E-state index contributed by atoms with van der Waals surface area (Å²) in [6.07, 6.45) is 0. The van der Waals surface area contributed by atoms with Gasteiger partial charge in [-0.25, -0.2) is 4.39 Å². The van der Waals surface area contributed by atoms with Crippen LogP contribution in [0.2, 0.25) is 0 Å². The number of hydrogen-bond donors (Lipinski definition) is 1. The molecule has 0 unspecified atom stereocenters. The summed E-state index contributed by atoms with van der Waals surface area (Å²) in [5, 5.41) is 13.4. The molecule has 0 aliphatic rings. The van der Waals surface area contributed by atoms with Crippen molar-refractivity contribution < 1.29 is 18.8 Å². The Morgan fingerprint density at radius 2 is 2.09 bits per heavy atom. The lowest BCUT2D eigenvalue weighted by atomic mass is 10.2. The highest BCUT2D eigenvalue weighted by Gasteiger charge is 2.17. The van der Waals surface area contributed by atoms with Gasteiger partial charge < -0.3 is 10.1 Å². The van der Waals surface area contributed by atoms with Gasteiger partial charge in [-0.2, -0.15) is 0 Å². The number of aryl methyl sites for hydroxylation is 1. The molecule has 6 nitrogen and oxygen atoms in total. The van der Waals surface area contributed by atoms with Crippen LogP contribution in [0.4, 0.5) is 15.8 Å². The van der Waals surface area contributed by atoms with Crippen molar-refractivity contribution in [3.05, 3.63) is 62.4 Å². The highest BCUT2D eigenvalue weighted by Crippen LogP contribution is 2.27. The Kier molecular flexibility index (Phi) is 5.28. The van der Waals surface area contributed by atoms with Crippen LogP contribution in [0, 0.1) is 22.9 Å². The number of hydrogen-bond acceptors (Lipinski definition) is 4. The fourth-order valence-electron chi connectivity index (χ4n) is 1.81. The molecule has 0 aliphatic carbocycles. The van der Waals surface area contributed by atoms with Gasteiger partial charge in [-0.1, -0.05) is 6.07 Å². The fourth-order valence-corrected chi connectivity index (χ4v) is 2.40. The molecule has 0 aliphatic heterocycles. The maximum absolute atomic E-state index is 13.2. The van der Waals surface area contributed by atoms with Crippen molar-refractivity contribution in [3.8, 4) is 5.75 Å². The average molecular weight is 383 g/mol. The van der Waals surface area contributed by atoms with Gasteiger partial charge in [0.15, 0.2) is 6.61 Å². The van der Waals surface area contributed by atoms with E-state index < -0.39 is 28.9 Å². The largest absolute Gasteiger partial charge is 0.477 e. The molecule has 0 radical (unpaired) electrons. The fraction of sp³-hybridized carbons (Fsp3) is 0.133. The Bertz CT molecular complexity index is 767. The lowest BCUT2D eigenvalue weighted by Crippen LogP contribution is -2.20. The van der Waals surface area contributed by atoms with Crippen LogP contribution in [0.15, 0.2) is 40.9 Å². The smallest absolute Gasteiger partial charge is 0.311 e. The van der Waals surface area contributed by atoms with Crippen molar-refractivity contribution in [2.45, 2.75) is 6.92 Å². The number of nitro benzene ring substituents is 1. The van der Waals surface area contributed by atoms with Gasteiger partial charge in [-0.3, -0.25) is 14.9 Å². The van der Waals surface area contributed by atoms with Gasteiger partial charge in [0, 0.05) is 16.6 Å². The number of benzene rings is 2. The van der Waals surface area contributed by atoms with E-state index in [9.17, 15) is 19.3 Å². The van der Waals surface area contributed by atoms with Gasteiger partial charge in [0.2, 0.25) is 5.75 Å². The Labute approximate surface area is 139 Å². The van der Waals surface area contributed by atoms with Crippen LogP contribution in [-0.2, 0) is 4.79 Å². The first-order valence-electron chi connectivity index (χ1n) is 6.49. The lowest BCUT2D eigenvalue weighted by Gasteiger charge is -2.09. The molecule has 0 aromatic heterocycles. The summed E-state index contributed by atoms with van der Waals surface area (Å²) >= 11 is 3.32. The first-order chi connectivity index (χ1) is 10.9. The highest BCUT2D eigenvalue weighted by atomic mass is 79.9. The average Bonchev–Trinajstić information content (AvgIpc) is 2.48. The summed E-state index contributed by atoms with van der Waals surface area (Å²) in [5.74, 6) is -1.51.